The zero-order valence-electron chi connectivity index (χ0n) is 14.2. The third-order valence-corrected chi connectivity index (χ3v) is 4.14. The maximum Gasteiger partial charge on any atom is 0.265 e. The second-order valence-electron chi connectivity index (χ2n) is 6.65. The maximum absolute atomic E-state index is 12.3. The van der Waals surface area contributed by atoms with Gasteiger partial charge in [-0.25, -0.2) is 0 Å². The van der Waals surface area contributed by atoms with E-state index < -0.39 is 6.10 Å². The van der Waals surface area contributed by atoms with E-state index in [1.165, 1.54) is 5.56 Å². The van der Waals surface area contributed by atoms with Gasteiger partial charge in [-0.3, -0.25) is 4.79 Å². The number of anilines is 1. The van der Waals surface area contributed by atoms with E-state index in [0.29, 0.717) is 21.5 Å². The fraction of sp³-hybridized carbons (Fsp3) is 0.316. The predicted molar refractivity (Wildman–Crippen MR) is 100 cm³/mol. The van der Waals surface area contributed by atoms with Crippen molar-refractivity contribution in [2.75, 3.05) is 5.32 Å². The van der Waals surface area contributed by atoms with Crippen LogP contribution in [0, 0.1) is 0 Å². The van der Waals surface area contributed by atoms with Gasteiger partial charge in [0, 0.05) is 5.02 Å². The van der Waals surface area contributed by atoms with E-state index in [9.17, 15) is 4.79 Å². The molecule has 2 aromatic carbocycles. The van der Waals surface area contributed by atoms with Crippen molar-refractivity contribution < 1.29 is 9.53 Å². The Hall–Kier alpha value is -1.71. The van der Waals surface area contributed by atoms with E-state index in [2.05, 4.69) is 26.1 Å². The Morgan fingerprint density at radius 3 is 2.25 bits per heavy atom. The summed E-state index contributed by atoms with van der Waals surface area (Å²) < 4.78 is 5.70. The van der Waals surface area contributed by atoms with Crippen LogP contribution in [-0.2, 0) is 10.2 Å². The van der Waals surface area contributed by atoms with E-state index in [1.54, 1.807) is 25.1 Å². The van der Waals surface area contributed by atoms with Gasteiger partial charge in [0.2, 0.25) is 0 Å². The van der Waals surface area contributed by atoms with Gasteiger partial charge in [0.25, 0.3) is 5.91 Å². The second-order valence-corrected chi connectivity index (χ2v) is 7.49. The number of benzene rings is 2. The topological polar surface area (TPSA) is 38.3 Å². The molecule has 1 amide bonds. The van der Waals surface area contributed by atoms with Crippen LogP contribution in [0.25, 0.3) is 0 Å². The third-order valence-electron chi connectivity index (χ3n) is 3.59. The first kappa shape index (κ1) is 18.6. The highest BCUT2D eigenvalue weighted by Gasteiger charge is 2.17. The molecular weight excluding hydrogens is 345 g/mol. The lowest BCUT2D eigenvalue weighted by atomic mass is 9.87. The van der Waals surface area contributed by atoms with Crippen LogP contribution in [0.2, 0.25) is 10.0 Å². The molecule has 5 heteroatoms. The fourth-order valence-corrected chi connectivity index (χ4v) is 2.57. The van der Waals surface area contributed by atoms with Crippen LogP contribution in [0.15, 0.2) is 42.5 Å². The predicted octanol–water partition coefficient (Wildman–Crippen LogP) is 5.70. The van der Waals surface area contributed by atoms with Gasteiger partial charge in [-0.05, 0) is 48.2 Å². The molecule has 24 heavy (non-hydrogen) atoms. The molecular formula is C19H21Cl2NO2. The SMILES string of the molecule is C[C@H](Oc1ccc(C(C)(C)C)cc1)C(=O)Nc1ccc(Cl)cc1Cl. The summed E-state index contributed by atoms with van der Waals surface area (Å²) in [4.78, 5) is 12.3. The number of ether oxygens (including phenoxy) is 1. The number of nitrogens with one attached hydrogen (secondary N) is 1. The molecule has 0 unspecified atom stereocenters. The number of hydrogen-bond donors (Lipinski definition) is 1. The molecule has 2 aromatic rings. The third kappa shape index (κ3) is 4.89. The van der Waals surface area contributed by atoms with E-state index in [1.807, 2.05) is 24.3 Å². The Balaban J connectivity index is 2.01. The minimum atomic E-state index is -0.655. The lowest BCUT2D eigenvalue weighted by Gasteiger charge is -2.20. The number of carbonyl (C=O) groups excluding carboxylic acids is 1. The van der Waals surface area contributed by atoms with Crippen LogP contribution in [0.1, 0.15) is 33.3 Å². The number of rotatable bonds is 4. The summed E-state index contributed by atoms with van der Waals surface area (Å²) in [7, 11) is 0. The summed E-state index contributed by atoms with van der Waals surface area (Å²) in [6.07, 6.45) is -0.655. The molecule has 0 heterocycles. The average Bonchev–Trinajstić information content (AvgIpc) is 2.49. The molecule has 1 atom stereocenters. The zero-order valence-corrected chi connectivity index (χ0v) is 15.7. The first-order valence-electron chi connectivity index (χ1n) is 7.70. The van der Waals surface area contributed by atoms with Gasteiger partial charge in [0.1, 0.15) is 5.75 Å². The Bertz CT molecular complexity index is 721. The summed E-state index contributed by atoms with van der Waals surface area (Å²) in [5.74, 6) is 0.368. The van der Waals surface area contributed by atoms with Crippen molar-refractivity contribution in [1.29, 1.82) is 0 Å². The fourth-order valence-electron chi connectivity index (χ4n) is 2.12. The molecule has 1 N–H and O–H groups in total. The standard InChI is InChI=1S/C19H21Cl2NO2/c1-12(18(23)22-17-10-7-14(20)11-16(17)21)24-15-8-5-13(6-9-15)19(2,3)4/h5-12H,1-4H3,(H,22,23)/t12-/m0/s1. The van der Waals surface area contributed by atoms with Crippen molar-refractivity contribution >= 4 is 34.8 Å². The van der Waals surface area contributed by atoms with Gasteiger partial charge < -0.3 is 10.1 Å². The molecule has 0 radical (unpaired) electrons. The monoisotopic (exact) mass is 365 g/mol. The van der Waals surface area contributed by atoms with Crippen LogP contribution in [-0.4, -0.2) is 12.0 Å². The minimum Gasteiger partial charge on any atom is -0.481 e. The molecule has 0 aromatic heterocycles. The molecule has 0 fully saturated rings. The van der Waals surface area contributed by atoms with Gasteiger partial charge >= 0.3 is 0 Å². The van der Waals surface area contributed by atoms with E-state index >= 15 is 0 Å². The molecule has 0 saturated carbocycles. The Labute approximate surface area is 152 Å². The average molecular weight is 366 g/mol. The summed E-state index contributed by atoms with van der Waals surface area (Å²) in [5, 5.41) is 3.64. The number of hydrogen-bond acceptors (Lipinski definition) is 2. The van der Waals surface area contributed by atoms with Crippen LogP contribution >= 0.6 is 23.2 Å². The Morgan fingerprint density at radius 2 is 1.71 bits per heavy atom. The first-order chi connectivity index (χ1) is 11.2. The van der Waals surface area contributed by atoms with Crippen molar-refractivity contribution in [3.8, 4) is 5.75 Å². The first-order valence-corrected chi connectivity index (χ1v) is 8.45. The lowest BCUT2D eigenvalue weighted by Crippen LogP contribution is -2.30. The smallest absolute Gasteiger partial charge is 0.265 e. The Kier molecular flexibility index (Phi) is 5.79. The van der Waals surface area contributed by atoms with Crippen molar-refractivity contribution in [3.05, 3.63) is 58.1 Å². The van der Waals surface area contributed by atoms with Crippen LogP contribution in [0.4, 0.5) is 5.69 Å². The quantitative estimate of drug-likeness (QED) is 0.754. The molecule has 0 saturated heterocycles. The van der Waals surface area contributed by atoms with E-state index in [0.717, 1.165) is 0 Å². The summed E-state index contributed by atoms with van der Waals surface area (Å²) in [6.45, 7) is 8.13. The second kappa shape index (κ2) is 7.45. The highest BCUT2D eigenvalue weighted by Crippen LogP contribution is 2.26. The molecule has 0 bridgehead atoms. The highest BCUT2D eigenvalue weighted by molar-refractivity contribution is 6.36. The van der Waals surface area contributed by atoms with Crippen molar-refractivity contribution in [2.24, 2.45) is 0 Å². The molecule has 0 aliphatic carbocycles. The molecule has 128 valence electrons. The lowest BCUT2D eigenvalue weighted by molar-refractivity contribution is -0.122. The van der Waals surface area contributed by atoms with E-state index in [4.69, 9.17) is 27.9 Å². The normalized spacial score (nSPS) is 12.6. The van der Waals surface area contributed by atoms with Gasteiger partial charge in [-0.2, -0.15) is 0 Å². The molecule has 0 spiro atoms. The minimum absolute atomic E-state index is 0.0762. The number of amides is 1. The van der Waals surface area contributed by atoms with Gasteiger partial charge in [0.05, 0.1) is 10.7 Å². The van der Waals surface area contributed by atoms with Crippen molar-refractivity contribution in [1.82, 2.24) is 0 Å². The maximum atomic E-state index is 12.3. The number of carbonyl (C=O) groups is 1. The van der Waals surface area contributed by atoms with Gasteiger partial charge in [0.15, 0.2) is 6.10 Å². The van der Waals surface area contributed by atoms with Crippen LogP contribution in [0.5, 0.6) is 5.75 Å². The van der Waals surface area contributed by atoms with Crippen LogP contribution in [0.3, 0.4) is 0 Å². The zero-order chi connectivity index (χ0) is 17.9. The molecule has 2 rings (SSSR count). The van der Waals surface area contributed by atoms with Crippen molar-refractivity contribution in [3.63, 3.8) is 0 Å². The van der Waals surface area contributed by atoms with Crippen LogP contribution < -0.4 is 10.1 Å². The van der Waals surface area contributed by atoms with Gasteiger partial charge in [-0.1, -0.05) is 56.1 Å². The summed E-state index contributed by atoms with van der Waals surface area (Å²) in [6, 6.07) is 12.7. The largest absolute Gasteiger partial charge is 0.481 e. The summed E-state index contributed by atoms with van der Waals surface area (Å²) >= 11 is 11.9. The van der Waals surface area contributed by atoms with Gasteiger partial charge in [-0.15, -0.1) is 0 Å². The van der Waals surface area contributed by atoms with Crippen molar-refractivity contribution in [2.45, 2.75) is 39.2 Å². The highest BCUT2D eigenvalue weighted by atomic mass is 35.5. The number of halogens is 2. The Morgan fingerprint density at radius 1 is 1.08 bits per heavy atom. The molecule has 3 nitrogen and oxygen atoms in total. The summed E-state index contributed by atoms with van der Waals surface area (Å²) in [5.41, 5.74) is 1.79. The van der Waals surface area contributed by atoms with E-state index in [-0.39, 0.29) is 11.3 Å². The molecule has 0 aliphatic heterocycles. The molecule has 0 aliphatic rings.